The molecule has 0 unspecified atom stereocenters. The molecule has 0 saturated carbocycles. The zero-order valence-corrected chi connectivity index (χ0v) is 24.4. The normalized spacial score (nSPS) is 12.0. The minimum atomic E-state index is -4.09. The van der Waals surface area contributed by atoms with Gasteiger partial charge in [-0.1, -0.05) is 61.8 Å². The predicted octanol–water partition coefficient (Wildman–Crippen LogP) is 5.49. The molecule has 0 spiro atoms. The number of amides is 2. The lowest BCUT2D eigenvalue weighted by atomic mass is 10.1. The zero-order valence-electron chi connectivity index (χ0n) is 22.9. The van der Waals surface area contributed by atoms with Crippen LogP contribution in [0.1, 0.15) is 43.4 Å². The maximum atomic E-state index is 14.0. The van der Waals surface area contributed by atoms with Crippen molar-refractivity contribution in [2.75, 3.05) is 17.4 Å². The second-order valence-corrected chi connectivity index (χ2v) is 11.8. The first-order valence-electron chi connectivity index (χ1n) is 13.0. The van der Waals surface area contributed by atoms with Crippen molar-refractivity contribution < 1.29 is 18.0 Å². The Labute approximate surface area is 236 Å². The number of nitrogens with zero attached hydrogens (tertiary/aromatic N) is 2. The summed E-state index contributed by atoms with van der Waals surface area (Å²) in [5.41, 5.74) is 2.90. The Morgan fingerprint density at radius 3 is 2.10 bits per heavy atom. The molecule has 39 heavy (non-hydrogen) atoms. The highest BCUT2D eigenvalue weighted by atomic mass is 35.5. The molecule has 0 radical (unpaired) electrons. The van der Waals surface area contributed by atoms with Crippen molar-refractivity contribution in [2.45, 2.75) is 58.0 Å². The van der Waals surface area contributed by atoms with Crippen LogP contribution in [0.3, 0.4) is 0 Å². The lowest BCUT2D eigenvalue weighted by Crippen LogP contribution is -2.52. The topological polar surface area (TPSA) is 86.8 Å². The maximum absolute atomic E-state index is 14.0. The van der Waals surface area contributed by atoms with Gasteiger partial charge in [0.25, 0.3) is 10.0 Å². The van der Waals surface area contributed by atoms with Gasteiger partial charge in [0.15, 0.2) is 0 Å². The molecule has 0 aliphatic rings. The monoisotopic (exact) mass is 569 g/mol. The number of rotatable bonds is 12. The largest absolute Gasteiger partial charge is 0.354 e. The van der Waals surface area contributed by atoms with Crippen molar-refractivity contribution >= 4 is 39.1 Å². The molecule has 9 heteroatoms. The molecule has 1 atom stereocenters. The van der Waals surface area contributed by atoms with Crippen molar-refractivity contribution in [1.82, 2.24) is 10.2 Å². The Kier molecular flexibility index (Phi) is 10.5. The summed E-state index contributed by atoms with van der Waals surface area (Å²) in [6.07, 6.45) is 1.12. The van der Waals surface area contributed by atoms with E-state index in [-0.39, 0.29) is 17.3 Å². The minimum absolute atomic E-state index is 0.0777. The van der Waals surface area contributed by atoms with Gasteiger partial charge in [0, 0.05) is 18.1 Å². The summed E-state index contributed by atoms with van der Waals surface area (Å²) in [5, 5.41) is 3.44. The lowest BCUT2D eigenvalue weighted by Gasteiger charge is -2.33. The van der Waals surface area contributed by atoms with Crippen LogP contribution in [0.5, 0.6) is 0 Å². The summed E-state index contributed by atoms with van der Waals surface area (Å²) in [4.78, 5) is 28.7. The highest BCUT2D eigenvalue weighted by Gasteiger charge is 2.33. The molecule has 2 amide bonds. The summed E-state index contributed by atoms with van der Waals surface area (Å²) in [5.74, 6) is -0.757. The Bertz CT molecular complexity index is 1360. The fourth-order valence-electron chi connectivity index (χ4n) is 4.42. The van der Waals surface area contributed by atoms with Gasteiger partial charge in [-0.2, -0.15) is 0 Å². The van der Waals surface area contributed by atoms with Crippen LogP contribution in [0.25, 0.3) is 0 Å². The number of hydrogen-bond donors (Lipinski definition) is 1. The van der Waals surface area contributed by atoms with Crippen molar-refractivity contribution in [2.24, 2.45) is 0 Å². The van der Waals surface area contributed by atoms with Gasteiger partial charge in [-0.25, -0.2) is 8.42 Å². The van der Waals surface area contributed by atoms with Crippen molar-refractivity contribution in [3.63, 3.8) is 0 Å². The third-order valence-electron chi connectivity index (χ3n) is 6.31. The SMILES string of the molecule is CCCNC(=O)[C@H](CC)N(Cc1ccc(Cl)cc1)C(=O)CN(c1cc(C)cc(C)c1)S(=O)(=O)c1ccccc1. The Morgan fingerprint density at radius 2 is 1.54 bits per heavy atom. The van der Waals surface area contributed by atoms with Crippen molar-refractivity contribution in [3.8, 4) is 0 Å². The van der Waals surface area contributed by atoms with Gasteiger partial charge in [0.2, 0.25) is 11.8 Å². The number of nitrogens with one attached hydrogen (secondary N) is 1. The highest BCUT2D eigenvalue weighted by molar-refractivity contribution is 7.92. The molecule has 7 nitrogen and oxygen atoms in total. The van der Waals surface area contributed by atoms with Gasteiger partial charge in [-0.05, 0) is 79.8 Å². The van der Waals surface area contributed by atoms with Crippen molar-refractivity contribution in [3.05, 3.63) is 94.5 Å². The van der Waals surface area contributed by atoms with E-state index in [9.17, 15) is 18.0 Å². The quantitative estimate of drug-likeness (QED) is 0.313. The smallest absolute Gasteiger partial charge is 0.264 e. The highest BCUT2D eigenvalue weighted by Crippen LogP contribution is 2.27. The summed E-state index contributed by atoms with van der Waals surface area (Å²) in [6, 6.07) is 19.7. The first-order valence-corrected chi connectivity index (χ1v) is 14.9. The number of carbonyl (C=O) groups is 2. The van der Waals surface area contributed by atoms with E-state index < -0.39 is 28.5 Å². The predicted molar refractivity (Wildman–Crippen MR) is 156 cm³/mol. The van der Waals surface area contributed by atoms with Crippen LogP contribution in [0.2, 0.25) is 5.02 Å². The lowest BCUT2D eigenvalue weighted by molar-refractivity contribution is -0.140. The number of sulfonamides is 1. The summed E-state index contributed by atoms with van der Waals surface area (Å²) < 4.78 is 28.9. The molecule has 0 fully saturated rings. The molecule has 208 valence electrons. The third-order valence-corrected chi connectivity index (χ3v) is 8.35. The third kappa shape index (κ3) is 7.83. The van der Waals surface area contributed by atoms with Gasteiger partial charge in [-0.3, -0.25) is 13.9 Å². The van der Waals surface area contributed by atoms with Crippen LogP contribution in [0.15, 0.2) is 77.7 Å². The number of benzene rings is 3. The fraction of sp³-hybridized carbons (Fsp3) is 0.333. The molecule has 1 N–H and O–H groups in total. The Balaban J connectivity index is 2.06. The molecule has 0 aliphatic heterocycles. The molecule has 0 aromatic heterocycles. The Morgan fingerprint density at radius 1 is 0.923 bits per heavy atom. The Hall–Kier alpha value is -3.36. The van der Waals surface area contributed by atoms with Gasteiger partial charge in [0.05, 0.1) is 10.6 Å². The number of aryl methyl sites for hydroxylation is 2. The molecule has 0 bridgehead atoms. The van der Waals surface area contributed by atoms with E-state index in [1.165, 1.54) is 17.0 Å². The molecule has 0 aliphatic carbocycles. The summed E-state index contributed by atoms with van der Waals surface area (Å²) in [6.45, 7) is 7.68. The van der Waals surface area contributed by atoms with Crippen LogP contribution < -0.4 is 9.62 Å². The number of hydrogen-bond acceptors (Lipinski definition) is 4. The number of carbonyl (C=O) groups excluding carboxylic acids is 2. The van der Waals surface area contributed by atoms with Gasteiger partial charge >= 0.3 is 0 Å². The second kappa shape index (κ2) is 13.6. The minimum Gasteiger partial charge on any atom is -0.354 e. The van der Waals surface area contributed by atoms with E-state index in [2.05, 4.69) is 5.32 Å². The standard InChI is InChI=1S/C30H36ClN3O4S/c1-5-16-32-30(36)28(6-2)33(20-24-12-14-25(31)15-13-24)29(35)21-34(26-18-22(3)17-23(4)19-26)39(37,38)27-10-8-7-9-11-27/h7-15,17-19,28H,5-6,16,20-21H2,1-4H3,(H,32,36)/t28-/m0/s1. The summed E-state index contributed by atoms with van der Waals surface area (Å²) >= 11 is 6.06. The van der Waals surface area contributed by atoms with Crippen LogP contribution in [0, 0.1) is 13.8 Å². The molecular weight excluding hydrogens is 534 g/mol. The van der Waals surface area contributed by atoms with Crippen LogP contribution in [-0.4, -0.2) is 44.3 Å². The van der Waals surface area contributed by atoms with Gasteiger partial charge in [-0.15, -0.1) is 0 Å². The van der Waals surface area contributed by atoms with Crippen LogP contribution in [-0.2, 0) is 26.2 Å². The summed E-state index contributed by atoms with van der Waals surface area (Å²) in [7, 11) is -4.09. The van der Waals surface area contributed by atoms with E-state index >= 15 is 0 Å². The van der Waals surface area contributed by atoms with E-state index in [0.717, 1.165) is 27.4 Å². The zero-order chi connectivity index (χ0) is 28.6. The van der Waals surface area contributed by atoms with Crippen LogP contribution >= 0.6 is 11.6 Å². The molecule has 0 saturated heterocycles. The average molecular weight is 570 g/mol. The van der Waals surface area contributed by atoms with Gasteiger partial charge in [0.1, 0.15) is 12.6 Å². The van der Waals surface area contributed by atoms with E-state index in [1.807, 2.05) is 33.8 Å². The fourth-order valence-corrected chi connectivity index (χ4v) is 5.96. The van der Waals surface area contributed by atoms with Crippen LogP contribution in [0.4, 0.5) is 5.69 Å². The maximum Gasteiger partial charge on any atom is 0.264 e. The average Bonchev–Trinajstić information content (AvgIpc) is 2.91. The second-order valence-electron chi connectivity index (χ2n) is 9.53. The molecule has 3 aromatic rings. The van der Waals surface area contributed by atoms with E-state index in [4.69, 9.17) is 11.6 Å². The molecular formula is C30H36ClN3O4S. The molecule has 3 rings (SSSR count). The number of halogens is 1. The number of anilines is 1. The first-order chi connectivity index (χ1) is 18.6. The van der Waals surface area contributed by atoms with Crippen molar-refractivity contribution in [1.29, 1.82) is 0 Å². The first kappa shape index (κ1) is 30.2. The van der Waals surface area contributed by atoms with E-state index in [1.54, 1.807) is 54.6 Å². The van der Waals surface area contributed by atoms with Gasteiger partial charge < -0.3 is 10.2 Å². The molecule has 3 aromatic carbocycles. The van der Waals surface area contributed by atoms with E-state index in [0.29, 0.717) is 23.7 Å². The molecule has 0 heterocycles.